The molecule has 2 heterocycles. The van der Waals surface area contributed by atoms with E-state index in [0.717, 1.165) is 25.7 Å². The van der Waals surface area contributed by atoms with Gasteiger partial charge in [0.15, 0.2) is 0 Å². The summed E-state index contributed by atoms with van der Waals surface area (Å²) in [5.41, 5.74) is 0.390. The Kier molecular flexibility index (Phi) is 3.69. The highest BCUT2D eigenvalue weighted by Crippen LogP contribution is 2.38. The summed E-state index contributed by atoms with van der Waals surface area (Å²) in [6, 6.07) is 4.38. The van der Waals surface area contributed by atoms with Crippen LogP contribution >= 0.6 is 11.6 Å². The predicted molar refractivity (Wildman–Crippen MR) is 74.4 cm³/mol. The van der Waals surface area contributed by atoms with Crippen molar-refractivity contribution in [2.24, 2.45) is 0 Å². The zero-order valence-corrected chi connectivity index (χ0v) is 12.1. The van der Waals surface area contributed by atoms with Crippen LogP contribution in [0, 0.1) is 5.82 Å². The highest BCUT2D eigenvalue weighted by atomic mass is 35.5. The van der Waals surface area contributed by atoms with Gasteiger partial charge in [0, 0.05) is 19.2 Å². The van der Waals surface area contributed by atoms with Crippen molar-refractivity contribution >= 4 is 17.5 Å². The molecule has 2 unspecified atom stereocenters. The lowest BCUT2D eigenvalue weighted by atomic mass is 9.98. The maximum atomic E-state index is 13.1. The minimum Gasteiger partial charge on any atom is -0.381 e. The molecule has 2 saturated heterocycles. The lowest BCUT2D eigenvalue weighted by Crippen LogP contribution is -2.48. The normalized spacial score (nSPS) is 28.8. The average Bonchev–Trinajstić information content (AvgIpc) is 2.68. The van der Waals surface area contributed by atoms with Crippen molar-refractivity contribution in [2.75, 3.05) is 7.11 Å². The topological polar surface area (TPSA) is 29.5 Å². The summed E-state index contributed by atoms with van der Waals surface area (Å²) >= 11 is 6.00. The smallest absolute Gasteiger partial charge is 0.255 e. The van der Waals surface area contributed by atoms with Crippen molar-refractivity contribution in [2.45, 2.75) is 43.9 Å². The molecule has 0 aromatic heterocycles. The van der Waals surface area contributed by atoms with Gasteiger partial charge in [-0.15, -0.1) is 0 Å². The maximum absolute atomic E-state index is 13.1. The number of nitrogens with zero attached hydrogens (tertiary/aromatic N) is 1. The molecule has 5 heteroatoms. The molecule has 1 aromatic carbocycles. The van der Waals surface area contributed by atoms with Gasteiger partial charge >= 0.3 is 0 Å². The van der Waals surface area contributed by atoms with Gasteiger partial charge in [-0.2, -0.15) is 0 Å². The first kappa shape index (κ1) is 13.8. The van der Waals surface area contributed by atoms with Gasteiger partial charge in [-0.25, -0.2) is 4.39 Å². The number of rotatable bonds is 2. The maximum Gasteiger partial charge on any atom is 0.255 e. The summed E-state index contributed by atoms with van der Waals surface area (Å²) < 4.78 is 18.5. The number of hydrogen-bond acceptors (Lipinski definition) is 2. The highest BCUT2D eigenvalue weighted by molar-refractivity contribution is 6.33. The molecule has 1 amide bonds. The van der Waals surface area contributed by atoms with Crippen molar-refractivity contribution in [3.05, 3.63) is 34.6 Å². The minimum atomic E-state index is -0.424. The molecular weight excluding hydrogens is 281 g/mol. The fourth-order valence-corrected chi connectivity index (χ4v) is 3.70. The van der Waals surface area contributed by atoms with E-state index >= 15 is 0 Å². The van der Waals surface area contributed by atoms with Crippen molar-refractivity contribution < 1.29 is 13.9 Å². The second kappa shape index (κ2) is 5.34. The van der Waals surface area contributed by atoms with Crippen LogP contribution in [-0.4, -0.2) is 36.1 Å². The Morgan fingerprint density at radius 3 is 2.55 bits per heavy atom. The van der Waals surface area contributed by atoms with Crippen LogP contribution in [0.2, 0.25) is 5.02 Å². The minimum absolute atomic E-state index is 0.0861. The first-order chi connectivity index (χ1) is 9.60. The summed E-state index contributed by atoms with van der Waals surface area (Å²) in [6.07, 6.45) is 4.00. The molecular formula is C15H17ClFNO2. The second-order valence-corrected chi connectivity index (χ2v) is 5.96. The van der Waals surface area contributed by atoms with Crippen LogP contribution in [0.15, 0.2) is 18.2 Å². The standard InChI is InChI=1S/C15H17ClFNO2/c1-20-12-7-10-3-4-11(8-12)18(10)15(19)13-5-2-9(17)6-14(13)16/h2,5-6,10-12H,3-4,7-8H2,1H3. The Labute approximate surface area is 122 Å². The molecule has 0 radical (unpaired) electrons. The molecule has 3 rings (SSSR count). The summed E-state index contributed by atoms with van der Waals surface area (Å²) in [5, 5.41) is 0.184. The molecule has 2 aliphatic rings. The van der Waals surface area contributed by atoms with Crippen molar-refractivity contribution in [3.63, 3.8) is 0 Å². The molecule has 1 aromatic rings. The Morgan fingerprint density at radius 2 is 2.00 bits per heavy atom. The van der Waals surface area contributed by atoms with Gasteiger partial charge in [-0.3, -0.25) is 4.79 Å². The number of halogens is 2. The molecule has 0 N–H and O–H groups in total. The van der Waals surface area contributed by atoms with E-state index in [2.05, 4.69) is 0 Å². The van der Waals surface area contributed by atoms with E-state index in [1.165, 1.54) is 18.2 Å². The molecule has 2 aliphatic heterocycles. The molecule has 2 atom stereocenters. The van der Waals surface area contributed by atoms with Crippen molar-refractivity contribution in [1.29, 1.82) is 0 Å². The number of piperidine rings is 1. The third-order valence-corrected chi connectivity index (χ3v) is 4.73. The van der Waals surface area contributed by atoms with Crippen LogP contribution in [0.5, 0.6) is 0 Å². The van der Waals surface area contributed by atoms with E-state index in [-0.39, 0.29) is 29.1 Å². The number of amides is 1. The third-order valence-electron chi connectivity index (χ3n) is 4.42. The molecule has 20 heavy (non-hydrogen) atoms. The number of methoxy groups -OCH3 is 1. The van der Waals surface area contributed by atoms with Gasteiger partial charge in [-0.05, 0) is 43.9 Å². The van der Waals surface area contributed by atoms with E-state index in [1.807, 2.05) is 4.90 Å². The second-order valence-electron chi connectivity index (χ2n) is 5.55. The van der Waals surface area contributed by atoms with Crippen LogP contribution in [-0.2, 0) is 4.74 Å². The van der Waals surface area contributed by atoms with Gasteiger partial charge < -0.3 is 9.64 Å². The summed E-state index contributed by atoms with van der Waals surface area (Å²) in [7, 11) is 1.72. The monoisotopic (exact) mass is 297 g/mol. The zero-order valence-electron chi connectivity index (χ0n) is 11.3. The lowest BCUT2D eigenvalue weighted by molar-refractivity contribution is 0.00823. The predicted octanol–water partition coefficient (Wildman–Crippen LogP) is 3.26. The Hall–Kier alpha value is -1.13. The number of ether oxygens (including phenoxy) is 1. The van der Waals surface area contributed by atoms with Crippen LogP contribution in [0.25, 0.3) is 0 Å². The average molecular weight is 298 g/mol. The largest absolute Gasteiger partial charge is 0.381 e. The first-order valence-corrected chi connectivity index (χ1v) is 7.28. The number of carbonyl (C=O) groups excluding carboxylic acids is 1. The summed E-state index contributed by atoms with van der Waals surface area (Å²) in [6.45, 7) is 0. The Morgan fingerprint density at radius 1 is 1.35 bits per heavy atom. The lowest BCUT2D eigenvalue weighted by Gasteiger charge is -2.38. The van der Waals surface area contributed by atoms with Gasteiger partial charge in [0.25, 0.3) is 5.91 Å². The van der Waals surface area contributed by atoms with E-state index in [9.17, 15) is 9.18 Å². The molecule has 0 aliphatic carbocycles. The molecule has 108 valence electrons. The number of fused-ring (bicyclic) bond motifs is 2. The highest BCUT2D eigenvalue weighted by Gasteiger charge is 2.43. The molecule has 0 saturated carbocycles. The Balaban J connectivity index is 1.85. The van der Waals surface area contributed by atoms with E-state index in [4.69, 9.17) is 16.3 Å². The van der Waals surface area contributed by atoms with Crippen molar-refractivity contribution in [3.8, 4) is 0 Å². The number of hydrogen-bond donors (Lipinski definition) is 0. The number of carbonyl (C=O) groups is 1. The quantitative estimate of drug-likeness (QED) is 0.838. The fraction of sp³-hybridized carbons (Fsp3) is 0.533. The van der Waals surface area contributed by atoms with Crippen LogP contribution in [0.4, 0.5) is 4.39 Å². The van der Waals surface area contributed by atoms with E-state index in [1.54, 1.807) is 7.11 Å². The summed E-state index contributed by atoms with van der Waals surface area (Å²) in [5.74, 6) is -0.510. The van der Waals surface area contributed by atoms with Gasteiger partial charge in [-0.1, -0.05) is 11.6 Å². The third kappa shape index (κ3) is 2.31. The van der Waals surface area contributed by atoms with E-state index in [0.29, 0.717) is 5.56 Å². The van der Waals surface area contributed by atoms with Crippen LogP contribution < -0.4 is 0 Å². The number of benzene rings is 1. The first-order valence-electron chi connectivity index (χ1n) is 6.90. The van der Waals surface area contributed by atoms with Crippen LogP contribution in [0.3, 0.4) is 0 Å². The Bertz CT molecular complexity index is 523. The molecule has 3 nitrogen and oxygen atoms in total. The van der Waals surface area contributed by atoms with Gasteiger partial charge in [0.2, 0.25) is 0 Å². The van der Waals surface area contributed by atoms with E-state index < -0.39 is 5.82 Å². The molecule has 2 bridgehead atoms. The summed E-state index contributed by atoms with van der Waals surface area (Å²) in [4.78, 5) is 14.6. The van der Waals surface area contributed by atoms with Gasteiger partial charge in [0.05, 0.1) is 16.7 Å². The SMILES string of the molecule is COC1CC2CCC(C1)N2C(=O)c1ccc(F)cc1Cl. The molecule has 0 spiro atoms. The van der Waals surface area contributed by atoms with Gasteiger partial charge in [0.1, 0.15) is 5.82 Å². The van der Waals surface area contributed by atoms with Crippen LogP contribution in [0.1, 0.15) is 36.0 Å². The zero-order chi connectivity index (χ0) is 14.3. The van der Waals surface area contributed by atoms with Crippen molar-refractivity contribution in [1.82, 2.24) is 4.90 Å². The molecule has 2 fully saturated rings. The fourth-order valence-electron chi connectivity index (χ4n) is 3.45.